The van der Waals surface area contributed by atoms with Gasteiger partial charge in [0.2, 0.25) is 11.8 Å². The van der Waals surface area contributed by atoms with Gasteiger partial charge >= 0.3 is 0 Å². The van der Waals surface area contributed by atoms with Crippen LogP contribution in [-0.2, 0) is 9.59 Å². The van der Waals surface area contributed by atoms with Crippen molar-refractivity contribution in [2.75, 3.05) is 4.90 Å². The molecule has 184 valence electrons. The molecule has 0 saturated carbocycles. The van der Waals surface area contributed by atoms with Gasteiger partial charge in [0.05, 0.1) is 34.7 Å². The lowest BCUT2D eigenvalue weighted by Gasteiger charge is -2.34. The molecule has 9 nitrogen and oxygen atoms in total. The van der Waals surface area contributed by atoms with Crippen molar-refractivity contribution in [2.45, 2.75) is 19.0 Å². The first-order valence-corrected chi connectivity index (χ1v) is 11.6. The van der Waals surface area contributed by atoms with Crippen LogP contribution in [0.3, 0.4) is 0 Å². The van der Waals surface area contributed by atoms with Crippen LogP contribution in [-0.4, -0.2) is 39.8 Å². The molecule has 0 bridgehead atoms. The van der Waals surface area contributed by atoms with E-state index in [1.165, 1.54) is 35.3 Å². The average molecular weight is 498 g/mol. The van der Waals surface area contributed by atoms with E-state index in [2.05, 4.69) is 5.10 Å². The molecule has 3 aliphatic heterocycles. The molecular formula is C27H19FN4O5. The smallest absolute Gasteiger partial charge is 0.271 e. The van der Waals surface area contributed by atoms with E-state index < -0.39 is 52.3 Å². The monoisotopic (exact) mass is 498 g/mol. The predicted molar refractivity (Wildman–Crippen MR) is 130 cm³/mol. The van der Waals surface area contributed by atoms with Crippen molar-refractivity contribution in [2.24, 2.45) is 16.9 Å². The lowest BCUT2D eigenvalue weighted by molar-refractivity contribution is -0.384. The van der Waals surface area contributed by atoms with Gasteiger partial charge in [0.15, 0.2) is 5.78 Å². The number of hydrogen-bond donors (Lipinski definition) is 0. The van der Waals surface area contributed by atoms with Crippen molar-refractivity contribution in [3.05, 3.63) is 105 Å². The van der Waals surface area contributed by atoms with Crippen molar-refractivity contribution in [1.29, 1.82) is 0 Å². The molecule has 0 aliphatic carbocycles. The van der Waals surface area contributed by atoms with E-state index in [0.29, 0.717) is 5.56 Å². The topological polar surface area (TPSA) is 113 Å². The number of ketones is 1. The minimum absolute atomic E-state index is 0.116. The standard InChI is InChI=1S/C27H19FN4O5/c1-14-6-11-18(32(36)37)12-20(14)30-26(34)21-22(27(30)35)24(25(33)15-7-9-17(28)10-8-15)31-23(21)19-5-3-2-4-16(19)13-29-31/h2-13,21-24H,1H3/t21-,22+,23-,24+/m0/s1. The van der Waals surface area contributed by atoms with Crippen LogP contribution < -0.4 is 4.90 Å². The van der Waals surface area contributed by atoms with Gasteiger partial charge in [-0.25, -0.2) is 9.29 Å². The highest BCUT2D eigenvalue weighted by Gasteiger charge is 2.65. The minimum atomic E-state index is -1.12. The first-order valence-electron chi connectivity index (χ1n) is 11.6. The number of imide groups is 1. The van der Waals surface area contributed by atoms with Crippen LogP contribution in [0.1, 0.15) is 33.1 Å². The van der Waals surface area contributed by atoms with Gasteiger partial charge in [0.1, 0.15) is 11.9 Å². The van der Waals surface area contributed by atoms with Crippen LogP contribution in [0, 0.1) is 34.7 Å². The molecule has 3 aliphatic rings. The zero-order valence-electron chi connectivity index (χ0n) is 19.4. The zero-order chi connectivity index (χ0) is 26.0. The number of nitrogens with zero attached hydrogens (tertiary/aromatic N) is 4. The molecule has 0 aromatic heterocycles. The molecule has 3 heterocycles. The number of benzene rings is 3. The Labute approximate surface area is 210 Å². The van der Waals surface area contributed by atoms with Gasteiger partial charge in [-0.2, -0.15) is 5.10 Å². The molecule has 0 unspecified atom stereocenters. The Bertz CT molecular complexity index is 1540. The summed E-state index contributed by atoms with van der Waals surface area (Å²) >= 11 is 0. The van der Waals surface area contributed by atoms with Gasteiger partial charge in [0, 0.05) is 17.7 Å². The van der Waals surface area contributed by atoms with Crippen LogP contribution in [0.2, 0.25) is 0 Å². The highest BCUT2D eigenvalue weighted by molar-refractivity contribution is 6.25. The number of halogens is 1. The van der Waals surface area contributed by atoms with E-state index in [1.54, 1.807) is 13.1 Å². The number of nitro groups is 1. The number of anilines is 1. The number of carbonyl (C=O) groups excluding carboxylic acids is 3. The summed E-state index contributed by atoms with van der Waals surface area (Å²) in [5.41, 5.74) is 2.07. The quantitative estimate of drug-likeness (QED) is 0.234. The molecule has 4 atom stereocenters. The maximum absolute atomic E-state index is 13.9. The second-order valence-electron chi connectivity index (χ2n) is 9.31. The van der Waals surface area contributed by atoms with Gasteiger partial charge < -0.3 is 0 Å². The molecule has 0 spiro atoms. The molecule has 0 radical (unpaired) electrons. The molecule has 3 aromatic carbocycles. The number of Topliss-reactive ketones (excluding diaryl/α,β-unsaturated/α-hetero) is 1. The van der Waals surface area contributed by atoms with Crippen LogP contribution in [0.15, 0.2) is 71.8 Å². The van der Waals surface area contributed by atoms with Crippen LogP contribution in [0.4, 0.5) is 15.8 Å². The summed E-state index contributed by atoms with van der Waals surface area (Å²) in [7, 11) is 0. The van der Waals surface area contributed by atoms with Gasteiger partial charge in [-0.05, 0) is 47.9 Å². The number of hydrogen-bond acceptors (Lipinski definition) is 7. The van der Waals surface area contributed by atoms with Crippen molar-refractivity contribution < 1.29 is 23.7 Å². The lowest BCUT2D eigenvalue weighted by atomic mass is 9.83. The van der Waals surface area contributed by atoms with E-state index in [9.17, 15) is 28.9 Å². The van der Waals surface area contributed by atoms with Gasteiger partial charge in [-0.3, -0.25) is 29.5 Å². The fourth-order valence-corrected chi connectivity index (χ4v) is 5.64. The summed E-state index contributed by atoms with van der Waals surface area (Å²) in [5, 5.41) is 17.4. The summed E-state index contributed by atoms with van der Waals surface area (Å²) in [5.74, 6) is -4.18. The summed E-state index contributed by atoms with van der Waals surface area (Å²) < 4.78 is 13.6. The Balaban J connectivity index is 1.51. The lowest BCUT2D eigenvalue weighted by Crippen LogP contribution is -2.44. The third-order valence-corrected chi connectivity index (χ3v) is 7.33. The van der Waals surface area contributed by atoms with Crippen LogP contribution in [0.25, 0.3) is 0 Å². The fraction of sp³-hybridized carbons (Fsp3) is 0.185. The van der Waals surface area contributed by atoms with E-state index in [1.807, 2.05) is 24.3 Å². The Hall–Kier alpha value is -4.73. The third-order valence-electron chi connectivity index (χ3n) is 7.33. The second kappa shape index (κ2) is 8.16. The van der Waals surface area contributed by atoms with Gasteiger partial charge in [-0.1, -0.05) is 30.3 Å². The Kier molecular flexibility index (Phi) is 5.01. The number of nitro benzene ring substituents is 1. The number of carbonyl (C=O) groups is 3. The first-order chi connectivity index (χ1) is 17.8. The first kappa shape index (κ1) is 22.7. The Morgan fingerprint density at radius 3 is 2.43 bits per heavy atom. The van der Waals surface area contributed by atoms with Crippen molar-refractivity contribution in [1.82, 2.24) is 5.01 Å². The van der Waals surface area contributed by atoms with Gasteiger partial charge in [-0.15, -0.1) is 0 Å². The molecular weight excluding hydrogens is 479 g/mol. The number of fused-ring (bicyclic) bond motifs is 5. The molecule has 3 aromatic rings. The van der Waals surface area contributed by atoms with Crippen molar-refractivity contribution >= 4 is 35.2 Å². The largest absolute Gasteiger partial charge is 0.292 e. The maximum Gasteiger partial charge on any atom is 0.271 e. The summed E-state index contributed by atoms with van der Waals surface area (Å²) in [6, 6.07) is 14.5. The number of amides is 2. The van der Waals surface area contributed by atoms with Crippen LogP contribution >= 0.6 is 0 Å². The summed E-state index contributed by atoms with van der Waals surface area (Å²) in [6.07, 6.45) is 1.59. The molecule has 2 saturated heterocycles. The van der Waals surface area contributed by atoms with Crippen molar-refractivity contribution in [3.8, 4) is 0 Å². The Morgan fingerprint density at radius 1 is 1.00 bits per heavy atom. The zero-order valence-corrected chi connectivity index (χ0v) is 19.4. The second-order valence-corrected chi connectivity index (χ2v) is 9.31. The SMILES string of the molecule is Cc1ccc([N+](=O)[O-])cc1N1C(=O)[C@@H]2[C@H](C1=O)[C@@H]1c3ccccc3C=NN1[C@H]2C(=O)c1ccc(F)cc1. The number of rotatable bonds is 4. The minimum Gasteiger partial charge on any atom is -0.292 e. The highest BCUT2D eigenvalue weighted by atomic mass is 19.1. The summed E-state index contributed by atoms with van der Waals surface area (Å²) in [6.45, 7) is 1.65. The van der Waals surface area contributed by atoms with Crippen LogP contribution in [0.5, 0.6) is 0 Å². The maximum atomic E-state index is 13.9. The van der Waals surface area contributed by atoms with E-state index in [4.69, 9.17) is 0 Å². The normalized spacial score (nSPS) is 23.6. The molecule has 10 heteroatoms. The van der Waals surface area contributed by atoms with E-state index in [-0.39, 0.29) is 16.9 Å². The average Bonchev–Trinajstić information content (AvgIpc) is 3.37. The number of hydrazone groups is 1. The Morgan fingerprint density at radius 2 is 1.70 bits per heavy atom. The molecule has 0 N–H and O–H groups in total. The molecule has 2 fully saturated rings. The number of aryl methyl sites for hydroxylation is 1. The molecule has 37 heavy (non-hydrogen) atoms. The van der Waals surface area contributed by atoms with Gasteiger partial charge in [0.25, 0.3) is 5.69 Å². The molecule has 6 rings (SSSR count). The van der Waals surface area contributed by atoms with Crippen molar-refractivity contribution in [3.63, 3.8) is 0 Å². The predicted octanol–water partition coefficient (Wildman–Crippen LogP) is 3.80. The van der Waals surface area contributed by atoms with E-state index >= 15 is 0 Å². The number of non-ortho nitro benzene ring substituents is 1. The summed E-state index contributed by atoms with van der Waals surface area (Å²) in [4.78, 5) is 53.4. The highest BCUT2D eigenvalue weighted by Crippen LogP contribution is 2.53. The third kappa shape index (κ3) is 3.29. The van der Waals surface area contributed by atoms with E-state index in [0.717, 1.165) is 28.2 Å². The fourth-order valence-electron chi connectivity index (χ4n) is 5.64. The molecule has 2 amide bonds.